The van der Waals surface area contributed by atoms with Gasteiger partial charge in [0.15, 0.2) is 0 Å². The molecule has 0 radical (unpaired) electrons. The summed E-state index contributed by atoms with van der Waals surface area (Å²) >= 11 is 0. The second-order valence-corrected chi connectivity index (χ2v) is 5.80. The molecule has 1 N–H and O–H groups in total. The Labute approximate surface area is 140 Å². The van der Waals surface area contributed by atoms with Gasteiger partial charge in [-0.3, -0.25) is 9.59 Å². The predicted octanol–water partition coefficient (Wildman–Crippen LogP) is 2.16. The number of hydrogen-bond donors (Lipinski definition) is 1. The molecule has 0 fully saturated rings. The minimum absolute atomic E-state index is 0.105. The second-order valence-electron chi connectivity index (χ2n) is 5.80. The van der Waals surface area contributed by atoms with Gasteiger partial charge in [0.1, 0.15) is 12.3 Å². The highest BCUT2D eigenvalue weighted by molar-refractivity contribution is 5.92. The van der Waals surface area contributed by atoms with Crippen LogP contribution in [0.25, 0.3) is 0 Å². The lowest BCUT2D eigenvalue weighted by molar-refractivity contribution is -0.117. The number of benzene rings is 1. The second kappa shape index (κ2) is 7.29. The summed E-state index contributed by atoms with van der Waals surface area (Å²) < 4.78 is 6.73. The molecule has 1 aromatic carbocycles. The van der Waals surface area contributed by atoms with Crippen LogP contribution in [0.15, 0.2) is 35.1 Å². The quantitative estimate of drug-likeness (QED) is 0.913. The highest BCUT2D eigenvalue weighted by atomic mass is 16.5. The summed E-state index contributed by atoms with van der Waals surface area (Å²) in [6.07, 6.45) is 3.93. The predicted molar refractivity (Wildman–Crippen MR) is 91.4 cm³/mol. The highest BCUT2D eigenvalue weighted by Gasteiger charge is 2.15. The van der Waals surface area contributed by atoms with E-state index in [-0.39, 0.29) is 18.0 Å². The lowest BCUT2D eigenvalue weighted by atomic mass is 9.97. The molecule has 1 amide bonds. The van der Waals surface area contributed by atoms with Gasteiger partial charge >= 0.3 is 0 Å². The van der Waals surface area contributed by atoms with E-state index in [1.807, 2.05) is 19.1 Å². The normalized spacial score (nSPS) is 13.2. The van der Waals surface area contributed by atoms with E-state index >= 15 is 0 Å². The van der Waals surface area contributed by atoms with Crippen LogP contribution < -0.4 is 15.6 Å². The van der Waals surface area contributed by atoms with Gasteiger partial charge < -0.3 is 10.1 Å². The molecule has 1 aliphatic carbocycles. The van der Waals surface area contributed by atoms with Crippen LogP contribution in [0.4, 0.5) is 5.69 Å². The van der Waals surface area contributed by atoms with E-state index in [2.05, 4.69) is 10.4 Å². The number of rotatable bonds is 5. The van der Waals surface area contributed by atoms with Crippen molar-refractivity contribution in [1.29, 1.82) is 0 Å². The molecule has 1 aliphatic rings. The van der Waals surface area contributed by atoms with Gasteiger partial charge in [0.05, 0.1) is 18.0 Å². The number of amides is 1. The van der Waals surface area contributed by atoms with E-state index in [1.54, 1.807) is 18.2 Å². The van der Waals surface area contributed by atoms with Gasteiger partial charge in [-0.15, -0.1) is 0 Å². The Morgan fingerprint density at radius 3 is 2.92 bits per heavy atom. The Morgan fingerprint density at radius 1 is 1.29 bits per heavy atom. The Morgan fingerprint density at radius 2 is 2.08 bits per heavy atom. The molecule has 24 heavy (non-hydrogen) atoms. The Kier molecular flexibility index (Phi) is 4.93. The van der Waals surface area contributed by atoms with E-state index in [1.165, 1.54) is 4.68 Å². The molecule has 2 aromatic rings. The average molecular weight is 327 g/mol. The molecule has 0 aliphatic heterocycles. The zero-order valence-corrected chi connectivity index (χ0v) is 13.7. The van der Waals surface area contributed by atoms with Crippen molar-refractivity contribution in [2.45, 2.75) is 39.2 Å². The molecule has 0 spiro atoms. The molecular weight excluding hydrogens is 306 g/mol. The first-order valence-corrected chi connectivity index (χ1v) is 8.29. The molecule has 0 saturated heterocycles. The summed E-state index contributed by atoms with van der Waals surface area (Å²) in [5, 5.41) is 7.15. The standard InChI is InChI=1S/C18H21N3O3/c1-2-24-16-10-6-5-9-15(16)19-17(22)12-21-18(23)11-13-7-3-4-8-14(13)20-21/h5-6,9-11H,2-4,7-8,12H2,1H3,(H,19,22). The number of nitrogens with zero attached hydrogens (tertiary/aromatic N) is 2. The third kappa shape index (κ3) is 3.64. The summed E-state index contributed by atoms with van der Waals surface area (Å²) in [6.45, 7) is 2.29. The molecule has 3 rings (SSSR count). The zero-order chi connectivity index (χ0) is 16.9. The lowest BCUT2D eigenvalue weighted by Gasteiger charge is -2.16. The molecule has 1 aromatic heterocycles. The molecule has 6 nitrogen and oxygen atoms in total. The van der Waals surface area contributed by atoms with Crippen LogP contribution in [-0.4, -0.2) is 22.3 Å². The topological polar surface area (TPSA) is 73.2 Å². The van der Waals surface area contributed by atoms with Crippen molar-refractivity contribution in [2.75, 3.05) is 11.9 Å². The third-order valence-electron chi connectivity index (χ3n) is 4.03. The number of fused-ring (bicyclic) bond motifs is 1. The van der Waals surface area contributed by atoms with Crippen molar-refractivity contribution < 1.29 is 9.53 Å². The van der Waals surface area contributed by atoms with Crippen LogP contribution in [0.3, 0.4) is 0 Å². The molecule has 0 saturated carbocycles. The maximum absolute atomic E-state index is 12.3. The number of nitrogens with one attached hydrogen (secondary N) is 1. The summed E-state index contributed by atoms with van der Waals surface area (Å²) in [6, 6.07) is 8.84. The average Bonchev–Trinajstić information content (AvgIpc) is 2.57. The molecule has 6 heteroatoms. The number of aryl methyl sites for hydroxylation is 2. The van der Waals surface area contributed by atoms with Gasteiger partial charge in [-0.05, 0) is 50.3 Å². The highest BCUT2D eigenvalue weighted by Crippen LogP contribution is 2.23. The van der Waals surface area contributed by atoms with Crippen molar-refractivity contribution in [3.8, 4) is 5.75 Å². The zero-order valence-electron chi connectivity index (χ0n) is 13.7. The first-order valence-electron chi connectivity index (χ1n) is 8.29. The van der Waals surface area contributed by atoms with Gasteiger partial charge in [0.2, 0.25) is 5.91 Å². The minimum atomic E-state index is -0.299. The molecule has 1 heterocycles. The Bertz CT molecular complexity index is 798. The van der Waals surface area contributed by atoms with Gasteiger partial charge in [0.25, 0.3) is 5.56 Å². The van der Waals surface area contributed by atoms with E-state index in [9.17, 15) is 9.59 Å². The van der Waals surface area contributed by atoms with E-state index in [4.69, 9.17) is 4.74 Å². The smallest absolute Gasteiger partial charge is 0.267 e. The van der Waals surface area contributed by atoms with Crippen molar-refractivity contribution in [2.24, 2.45) is 0 Å². The van der Waals surface area contributed by atoms with Crippen LogP contribution >= 0.6 is 0 Å². The van der Waals surface area contributed by atoms with Crippen LogP contribution in [0.1, 0.15) is 31.0 Å². The van der Waals surface area contributed by atoms with E-state index in [0.717, 1.165) is 36.9 Å². The summed E-state index contributed by atoms with van der Waals surface area (Å²) in [7, 11) is 0. The fraction of sp³-hybridized carbons (Fsp3) is 0.389. The van der Waals surface area contributed by atoms with Gasteiger partial charge in [0, 0.05) is 6.07 Å². The van der Waals surface area contributed by atoms with Crippen LogP contribution in [0.5, 0.6) is 5.75 Å². The maximum Gasteiger partial charge on any atom is 0.267 e. The molecule has 0 bridgehead atoms. The third-order valence-corrected chi connectivity index (χ3v) is 4.03. The summed E-state index contributed by atoms with van der Waals surface area (Å²) in [4.78, 5) is 24.4. The van der Waals surface area contributed by atoms with E-state index in [0.29, 0.717) is 18.0 Å². The number of carbonyl (C=O) groups excluding carboxylic acids is 1. The summed E-state index contributed by atoms with van der Waals surface area (Å²) in [5.41, 5.74) is 2.31. The van der Waals surface area contributed by atoms with Crippen molar-refractivity contribution >= 4 is 11.6 Å². The SMILES string of the molecule is CCOc1ccccc1NC(=O)Cn1nc2c(cc1=O)CCCC2. The molecule has 0 atom stereocenters. The van der Waals surface area contributed by atoms with Gasteiger partial charge in [-0.25, -0.2) is 4.68 Å². The number of hydrogen-bond acceptors (Lipinski definition) is 4. The minimum Gasteiger partial charge on any atom is -0.492 e. The number of para-hydroxylation sites is 2. The monoisotopic (exact) mass is 327 g/mol. The van der Waals surface area contributed by atoms with Crippen LogP contribution in [-0.2, 0) is 24.2 Å². The molecule has 126 valence electrons. The largest absolute Gasteiger partial charge is 0.492 e. The Hall–Kier alpha value is -2.63. The molecule has 0 unspecified atom stereocenters. The number of carbonyl (C=O) groups is 1. The maximum atomic E-state index is 12.3. The fourth-order valence-corrected chi connectivity index (χ4v) is 2.89. The lowest BCUT2D eigenvalue weighted by Crippen LogP contribution is -2.31. The van der Waals surface area contributed by atoms with Gasteiger partial charge in [-0.2, -0.15) is 5.10 Å². The number of ether oxygens (including phenoxy) is 1. The number of anilines is 1. The summed E-state index contributed by atoms with van der Waals surface area (Å²) in [5.74, 6) is 0.312. The first-order chi connectivity index (χ1) is 11.7. The number of aromatic nitrogens is 2. The van der Waals surface area contributed by atoms with Crippen molar-refractivity contribution in [1.82, 2.24) is 9.78 Å². The van der Waals surface area contributed by atoms with Crippen LogP contribution in [0.2, 0.25) is 0 Å². The van der Waals surface area contributed by atoms with Crippen molar-refractivity contribution in [3.05, 3.63) is 51.9 Å². The Balaban J connectivity index is 1.75. The fourth-order valence-electron chi connectivity index (χ4n) is 2.89. The first kappa shape index (κ1) is 16.2. The molecular formula is C18H21N3O3. The van der Waals surface area contributed by atoms with Gasteiger partial charge in [-0.1, -0.05) is 12.1 Å². The van der Waals surface area contributed by atoms with Crippen molar-refractivity contribution in [3.63, 3.8) is 0 Å². The van der Waals surface area contributed by atoms with E-state index < -0.39 is 0 Å². The van der Waals surface area contributed by atoms with Crippen LogP contribution in [0, 0.1) is 0 Å².